The molecule has 4 saturated carbocycles. The van der Waals surface area contributed by atoms with Crippen LogP contribution in [-0.2, 0) is 23.8 Å². The number of hydrogen-bond donors (Lipinski definition) is 5. The van der Waals surface area contributed by atoms with Crippen LogP contribution in [0.3, 0.4) is 0 Å². The molecule has 13 atom stereocenters. The number of hydrogen-bond acceptors (Lipinski definition) is 10. The van der Waals surface area contributed by atoms with E-state index in [9.17, 15) is 35.1 Å². The van der Waals surface area contributed by atoms with Crippen LogP contribution < -0.4 is 0 Å². The first-order valence-corrected chi connectivity index (χ1v) is 14.5. The Balaban J connectivity index is 1.22. The lowest BCUT2D eigenvalue weighted by molar-refractivity contribution is -0.317. The number of carbonyl (C=O) groups excluding carboxylic acids is 2. The van der Waals surface area contributed by atoms with E-state index in [1.807, 2.05) is 0 Å². The molecule has 6 rings (SSSR count). The Hall–Kier alpha value is -1.40. The van der Waals surface area contributed by atoms with Gasteiger partial charge in [-0.3, -0.25) is 0 Å². The van der Waals surface area contributed by atoms with Crippen LogP contribution in [0, 0.1) is 28.6 Å². The quantitative estimate of drug-likeness (QED) is 0.192. The molecule has 5 N–H and O–H groups in total. The van der Waals surface area contributed by atoms with Crippen molar-refractivity contribution in [2.24, 2.45) is 28.6 Å². The van der Waals surface area contributed by atoms with Crippen molar-refractivity contribution in [2.45, 2.75) is 120 Å². The first kappa shape index (κ1) is 27.8. The van der Waals surface area contributed by atoms with E-state index in [1.165, 1.54) is 0 Å². The number of aldehydes is 1. The van der Waals surface area contributed by atoms with E-state index in [0.29, 0.717) is 44.9 Å². The molecule has 0 radical (unpaired) electrons. The molecule has 0 amide bonds. The van der Waals surface area contributed by atoms with Gasteiger partial charge in [-0.15, -0.1) is 0 Å². The van der Waals surface area contributed by atoms with E-state index in [-0.39, 0.29) is 36.8 Å². The van der Waals surface area contributed by atoms with Crippen molar-refractivity contribution in [1.29, 1.82) is 0 Å². The summed E-state index contributed by atoms with van der Waals surface area (Å²) in [5.74, 6) is -0.616. The van der Waals surface area contributed by atoms with Crippen LogP contribution in [0.25, 0.3) is 0 Å². The molecule has 2 heterocycles. The van der Waals surface area contributed by atoms with E-state index in [1.54, 1.807) is 13.0 Å². The van der Waals surface area contributed by atoms with Gasteiger partial charge in [0.25, 0.3) is 0 Å². The second-order valence-corrected chi connectivity index (χ2v) is 13.4. The number of rotatable bonds is 4. The zero-order valence-corrected chi connectivity index (χ0v) is 22.7. The van der Waals surface area contributed by atoms with E-state index < -0.39 is 58.8 Å². The predicted octanol–water partition coefficient (Wildman–Crippen LogP) is 0.750. The number of aliphatic hydroxyl groups excluding tert-OH is 3. The fourth-order valence-electron chi connectivity index (χ4n) is 9.75. The molecule has 0 aromatic heterocycles. The van der Waals surface area contributed by atoms with Crippen molar-refractivity contribution in [3.8, 4) is 0 Å². The van der Waals surface area contributed by atoms with Crippen LogP contribution in [0.5, 0.6) is 0 Å². The summed E-state index contributed by atoms with van der Waals surface area (Å²) in [6.45, 7) is 3.98. The average Bonchev–Trinajstić information content (AvgIpc) is 3.45. The van der Waals surface area contributed by atoms with E-state index in [4.69, 9.17) is 14.2 Å². The lowest BCUT2D eigenvalue weighted by Crippen LogP contribution is -2.69. The Morgan fingerprint density at radius 2 is 1.72 bits per heavy atom. The highest BCUT2D eigenvalue weighted by molar-refractivity contribution is 5.85. The monoisotopic (exact) mass is 550 g/mol. The summed E-state index contributed by atoms with van der Waals surface area (Å²) in [4.78, 5) is 24.8. The zero-order chi connectivity index (χ0) is 28.0. The summed E-state index contributed by atoms with van der Waals surface area (Å²) in [5, 5.41) is 55.0. The lowest BCUT2D eigenvalue weighted by atomic mass is 9.41. The maximum absolute atomic E-state index is 13.0. The van der Waals surface area contributed by atoms with Crippen LogP contribution in [-0.4, -0.2) is 92.4 Å². The van der Waals surface area contributed by atoms with Crippen LogP contribution in [0.2, 0.25) is 0 Å². The van der Waals surface area contributed by atoms with Crippen molar-refractivity contribution in [3.05, 3.63) is 11.6 Å². The van der Waals surface area contributed by atoms with Gasteiger partial charge in [0.2, 0.25) is 0 Å². The molecule has 5 fully saturated rings. The lowest BCUT2D eigenvalue weighted by Gasteiger charge is -2.65. The van der Waals surface area contributed by atoms with Crippen LogP contribution >= 0.6 is 0 Å². The molecule has 0 aromatic rings. The fraction of sp³-hybridized carbons (Fsp3) is 0.862. The summed E-state index contributed by atoms with van der Waals surface area (Å²) in [5.41, 5.74) is -2.86. The minimum atomic E-state index is -1.43. The molecule has 39 heavy (non-hydrogen) atoms. The van der Waals surface area contributed by atoms with Gasteiger partial charge in [-0.25, -0.2) is 4.79 Å². The van der Waals surface area contributed by atoms with Crippen molar-refractivity contribution in [2.75, 3.05) is 6.61 Å². The molecule has 0 bridgehead atoms. The number of ether oxygens (including phenoxy) is 3. The first-order valence-electron chi connectivity index (χ1n) is 14.5. The molecular formula is C29H42O10. The molecule has 0 aromatic carbocycles. The third-order valence-electron chi connectivity index (χ3n) is 12.0. The van der Waals surface area contributed by atoms with Gasteiger partial charge in [-0.1, -0.05) is 6.92 Å². The first-order chi connectivity index (χ1) is 18.4. The molecular weight excluding hydrogens is 508 g/mol. The molecule has 10 nitrogen and oxygen atoms in total. The smallest absolute Gasteiger partial charge is 0.331 e. The largest absolute Gasteiger partial charge is 0.458 e. The second-order valence-electron chi connectivity index (χ2n) is 13.4. The molecule has 0 spiro atoms. The summed E-state index contributed by atoms with van der Waals surface area (Å²) in [7, 11) is 0. The third-order valence-corrected chi connectivity index (χ3v) is 12.0. The molecule has 10 heteroatoms. The highest BCUT2D eigenvalue weighted by Crippen LogP contribution is 2.70. The van der Waals surface area contributed by atoms with Gasteiger partial charge in [0.15, 0.2) is 6.29 Å². The van der Waals surface area contributed by atoms with Crippen molar-refractivity contribution >= 4 is 12.3 Å². The van der Waals surface area contributed by atoms with Crippen molar-refractivity contribution in [1.82, 2.24) is 0 Å². The fourth-order valence-corrected chi connectivity index (χ4v) is 9.75. The number of cyclic esters (lactones) is 1. The average molecular weight is 551 g/mol. The second kappa shape index (κ2) is 9.31. The molecule has 0 unspecified atom stereocenters. The van der Waals surface area contributed by atoms with Gasteiger partial charge in [0.1, 0.15) is 31.2 Å². The maximum atomic E-state index is 13.0. The van der Waals surface area contributed by atoms with E-state index >= 15 is 0 Å². The minimum Gasteiger partial charge on any atom is -0.458 e. The number of esters is 1. The molecule has 4 aliphatic carbocycles. The molecule has 218 valence electrons. The molecule has 2 aliphatic heterocycles. The van der Waals surface area contributed by atoms with E-state index in [0.717, 1.165) is 18.3 Å². The molecule has 1 saturated heterocycles. The van der Waals surface area contributed by atoms with Gasteiger partial charge in [-0.2, -0.15) is 0 Å². The highest BCUT2D eigenvalue weighted by Gasteiger charge is 2.71. The van der Waals surface area contributed by atoms with Crippen LogP contribution in [0.4, 0.5) is 0 Å². The van der Waals surface area contributed by atoms with Crippen molar-refractivity contribution < 1.29 is 49.3 Å². The number of carbonyl (C=O) groups is 2. The summed E-state index contributed by atoms with van der Waals surface area (Å²) < 4.78 is 16.9. The summed E-state index contributed by atoms with van der Waals surface area (Å²) >= 11 is 0. The van der Waals surface area contributed by atoms with Gasteiger partial charge < -0.3 is 44.5 Å². The highest BCUT2D eigenvalue weighted by atomic mass is 16.7. The van der Waals surface area contributed by atoms with Crippen molar-refractivity contribution in [3.63, 3.8) is 0 Å². The normalized spacial score (nSPS) is 55.2. The Kier molecular flexibility index (Phi) is 6.62. The number of aliphatic hydroxyl groups is 5. The minimum absolute atomic E-state index is 0.0465. The zero-order valence-electron chi connectivity index (χ0n) is 22.7. The Morgan fingerprint density at radius 3 is 2.41 bits per heavy atom. The Labute approximate surface area is 228 Å². The Bertz CT molecular complexity index is 1050. The maximum Gasteiger partial charge on any atom is 0.331 e. The van der Waals surface area contributed by atoms with Gasteiger partial charge in [0.05, 0.1) is 28.8 Å². The SMILES string of the molecule is C[C@@H]1O[C@@H](O[C@@H]2CC[C@]3(C=O)[C@@H]4CC[C@]5(C)[C@H](C6=CC(=O)OC6)CC[C@@]5(O)[C@@H]4CC[C@@]3(O)C2)[C@H](O)[C@H](O)[C@@H]1O. The summed E-state index contributed by atoms with van der Waals surface area (Å²) in [6, 6.07) is 0. The Morgan fingerprint density at radius 1 is 0.974 bits per heavy atom. The standard InChI is InChI=1S/C29H42O10/c1-15-22(32)23(33)24(34)25(38-15)39-17-3-8-27(14-30)19-4-7-26(2)18(16-11-21(31)37-13-16)6-10-29(26,36)20(19)5-9-28(27,35)12-17/h11,14-15,17-20,22-25,32-36H,3-10,12-13H2,1-2H3/t15-,17+,18-,19+,20+,22+,23+,24+,25-,26+,27-,28+,29+/m0/s1. The predicted molar refractivity (Wildman–Crippen MR) is 135 cm³/mol. The summed E-state index contributed by atoms with van der Waals surface area (Å²) in [6.07, 6.45) is 0.689. The van der Waals surface area contributed by atoms with Crippen LogP contribution in [0.1, 0.15) is 71.6 Å². The topological polar surface area (TPSA) is 163 Å². The van der Waals surface area contributed by atoms with Gasteiger partial charge >= 0.3 is 5.97 Å². The van der Waals surface area contributed by atoms with E-state index in [2.05, 4.69) is 6.92 Å². The van der Waals surface area contributed by atoms with Crippen LogP contribution in [0.15, 0.2) is 11.6 Å². The third kappa shape index (κ3) is 3.78. The van der Waals surface area contributed by atoms with Gasteiger partial charge in [-0.05, 0) is 81.6 Å². The molecule has 6 aliphatic rings. The number of fused-ring (bicyclic) bond motifs is 5. The van der Waals surface area contributed by atoms with Gasteiger partial charge in [0, 0.05) is 17.9 Å².